The number of imide groups is 1. The first-order valence-electron chi connectivity index (χ1n) is 13.3. The van der Waals surface area contributed by atoms with Gasteiger partial charge in [0.2, 0.25) is 11.8 Å². The highest BCUT2D eigenvalue weighted by molar-refractivity contribution is 6.03. The normalized spacial score (nSPS) is 12.0. The molecule has 0 saturated carbocycles. The molecule has 8 N–H and O–H groups in total. The van der Waals surface area contributed by atoms with Gasteiger partial charge in [-0.3, -0.25) is 30.1 Å². The smallest absolute Gasteiger partial charge is 0.324 e. The number of nitrogens with zero attached hydrogens (tertiary/aromatic N) is 2. The Morgan fingerprint density at radius 1 is 0.878 bits per heavy atom. The Morgan fingerprint density at radius 3 is 2.07 bits per heavy atom. The summed E-state index contributed by atoms with van der Waals surface area (Å²) in [4.78, 5) is 54.8. The number of amides is 5. The van der Waals surface area contributed by atoms with E-state index in [1.54, 1.807) is 62.6 Å². The van der Waals surface area contributed by atoms with E-state index in [1.807, 2.05) is 6.92 Å². The molecule has 0 aromatic heterocycles. The third kappa shape index (κ3) is 9.45. The van der Waals surface area contributed by atoms with E-state index in [9.17, 15) is 19.2 Å². The van der Waals surface area contributed by atoms with Crippen LogP contribution in [0.15, 0.2) is 48.5 Å². The van der Waals surface area contributed by atoms with Crippen LogP contribution in [0.5, 0.6) is 0 Å². The van der Waals surface area contributed by atoms with E-state index < -0.39 is 35.7 Å². The Hall–Kier alpha value is -4.74. The van der Waals surface area contributed by atoms with Gasteiger partial charge in [0.1, 0.15) is 23.6 Å². The zero-order valence-corrected chi connectivity index (χ0v) is 24.0. The van der Waals surface area contributed by atoms with E-state index >= 15 is 0 Å². The zero-order valence-electron chi connectivity index (χ0n) is 24.0. The molecule has 1 unspecified atom stereocenters. The molecule has 0 fully saturated rings. The van der Waals surface area contributed by atoms with Crippen molar-refractivity contribution in [3.63, 3.8) is 0 Å². The van der Waals surface area contributed by atoms with Crippen LogP contribution in [-0.4, -0.2) is 72.4 Å². The highest BCUT2D eigenvalue weighted by Crippen LogP contribution is 2.15. The SMILES string of the molecule is CCCC[C@H](NC(=O)C(Cc1ccc(C(=N)N)cc1)C(=O)N(C)C)C(=O)N(C)C(=O)NCc1cccc(C(=N)N)c1. The molecule has 12 heteroatoms. The molecule has 220 valence electrons. The van der Waals surface area contributed by atoms with Gasteiger partial charge in [-0.2, -0.15) is 0 Å². The summed E-state index contributed by atoms with van der Waals surface area (Å²) in [6.07, 6.45) is 1.73. The minimum atomic E-state index is -1.11. The van der Waals surface area contributed by atoms with Crippen molar-refractivity contribution in [2.75, 3.05) is 21.1 Å². The fourth-order valence-electron chi connectivity index (χ4n) is 4.08. The topological polar surface area (TPSA) is 199 Å². The maximum absolute atomic E-state index is 13.4. The Labute approximate surface area is 240 Å². The van der Waals surface area contributed by atoms with E-state index in [-0.39, 0.29) is 31.1 Å². The van der Waals surface area contributed by atoms with Crippen LogP contribution in [0.4, 0.5) is 4.79 Å². The van der Waals surface area contributed by atoms with Gasteiger partial charge in [-0.15, -0.1) is 0 Å². The number of carbonyl (C=O) groups excluding carboxylic acids is 4. The number of urea groups is 1. The molecule has 2 rings (SSSR count). The quantitative estimate of drug-likeness (QED) is 0.121. The summed E-state index contributed by atoms with van der Waals surface area (Å²) in [5, 5.41) is 20.5. The predicted molar refractivity (Wildman–Crippen MR) is 157 cm³/mol. The van der Waals surface area contributed by atoms with Crippen LogP contribution in [0.2, 0.25) is 0 Å². The first-order valence-corrected chi connectivity index (χ1v) is 13.3. The first-order chi connectivity index (χ1) is 19.3. The third-order valence-corrected chi connectivity index (χ3v) is 6.54. The number of amidine groups is 2. The second kappa shape index (κ2) is 15.2. The van der Waals surface area contributed by atoms with E-state index in [2.05, 4.69) is 10.6 Å². The lowest BCUT2D eigenvalue weighted by Crippen LogP contribution is -2.53. The Morgan fingerprint density at radius 2 is 1.51 bits per heavy atom. The molecule has 0 spiro atoms. The van der Waals surface area contributed by atoms with E-state index in [4.69, 9.17) is 22.3 Å². The van der Waals surface area contributed by atoms with Gasteiger partial charge in [0.25, 0.3) is 5.91 Å². The molecule has 2 aromatic rings. The predicted octanol–water partition coefficient (Wildman–Crippen LogP) is 1.54. The van der Waals surface area contributed by atoms with Crippen molar-refractivity contribution in [2.24, 2.45) is 17.4 Å². The average molecular weight is 565 g/mol. The van der Waals surface area contributed by atoms with Crippen molar-refractivity contribution in [2.45, 2.75) is 45.2 Å². The van der Waals surface area contributed by atoms with Crippen molar-refractivity contribution in [3.05, 3.63) is 70.8 Å². The van der Waals surface area contributed by atoms with Crippen LogP contribution in [-0.2, 0) is 27.3 Å². The molecular formula is C29H40N8O4. The number of hydrogen-bond donors (Lipinski definition) is 6. The van der Waals surface area contributed by atoms with Crippen LogP contribution in [0, 0.1) is 16.7 Å². The molecule has 2 atom stereocenters. The molecule has 12 nitrogen and oxygen atoms in total. The standard InChI is InChI=1S/C29H40N8O4/c1-5-6-10-23(28(40)37(4)29(41)34-17-19-8-7-9-21(15-19)25(32)33)35-26(38)22(27(39)36(2)3)16-18-11-13-20(14-12-18)24(30)31/h7-9,11-15,22-23H,5-6,10,16-17H2,1-4H3,(H3,30,31)(H3,32,33)(H,34,41)(H,35,38)/t22?,23-/m0/s1. The van der Waals surface area contributed by atoms with Gasteiger partial charge < -0.3 is 27.0 Å². The number of unbranched alkanes of at least 4 members (excludes halogenated alkanes) is 1. The van der Waals surface area contributed by atoms with E-state index in [0.29, 0.717) is 28.7 Å². The summed E-state index contributed by atoms with van der Waals surface area (Å²) in [6.45, 7) is 2.05. The van der Waals surface area contributed by atoms with Gasteiger partial charge in [-0.25, -0.2) is 4.79 Å². The van der Waals surface area contributed by atoms with Gasteiger partial charge >= 0.3 is 6.03 Å². The second-order valence-corrected chi connectivity index (χ2v) is 9.97. The first kappa shape index (κ1) is 32.5. The fraction of sp³-hybridized carbons (Fsp3) is 0.379. The highest BCUT2D eigenvalue weighted by atomic mass is 16.2. The lowest BCUT2D eigenvalue weighted by Gasteiger charge is -2.26. The zero-order chi connectivity index (χ0) is 30.7. The van der Waals surface area contributed by atoms with Crippen LogP contribution < -0.4 is 22.1 Å². The molecule has 0 bridgehead atoms. The van der Waals surface area contributed by atoms with Crippen LogP contribution in [0.1, 0.15) is 48.4 Å². The van der Waals surface area contributed by atoms with Crippen molar-refractivity contribution < 1.29 is 19.2 Å². The van der Waals surface area contributed by atoms with Crippen molar-refractivity contribution in [1.82, 2.24) is 20.4 Å². The van der Waals surface area contributed by atoms with Crippen LogP contribution in [0.3, 0.4) is 0 Å². The molecule has 0 aliphatic carbocycles. The number of nitrogens with two attached hydrogens (primary N) is 2. The van der Waals surface area contributed by atoms with E-state index in [1.165, 1.54) is 11.9 Å². The summed E-state index contributed by atoms with van der Waals surface area (Å²) in [5.74, 6) is -2.96. The lowest BCUT2D eigenvalue weighted by atomic mass is 9.95. The molecule has 0 radical (unpaired) electrons. The van der Waals surface area contributed by atoms with Gasteiger partial charge in [0, 0.05) is 38.8 Å². The molecule has 0 heterocycles. The van der Waals surface area contributed by atoms with Gasteiger partial charge in [0.05, 0.1) is 0 Å². The molecule has 0 saturated heterocycles. The minimum absolute atomic E-state index is 0.0748. The third-order valence-electron chi connectivity index (χ3n) is 6.54. The molecule has 41 heavy (non-hydrogen) atoms. The summed E-state index contributed by atoms with van der Waals surface area (Å²) in [6, 6.07) is 11.8. The minimum Gasteiger partial charge on any atom is -0.384 e. The van der Waals surface area contributed by atoms with Crippen LogP contribution >= 0.6 is 0 Å². The second-order valence-electron chi connectivity index (χ2n) is 9.97. The van der Waals surface area contributed by atoms with Gasteiger partial charge in [0.15, 0.2) is 0 Å². The average Bonchev–Trinajstić information content (AvgIpc) is 2.95. The van der Waals surface area contributed by atoms with Crippen molar-refractivity contribution >= 4 is 35.4 Å². The summed E-state index contributed by atoms with van der Waals surface area (Å²) < 4.78 is 0. The number of nitrogens with one attached hydrogen (secondary N) is 4. The molecule has 0 aliphatic rings. The van der Waals surface area contributed by atoms with Gasteiger partial charge in [-0.05, 0) is 30.0 Å². The Kier molecular flexibility index (Phi) is 12.0. The largest absolute Gasteiger partial charge is 0.384 e. The van der Waals surface area contributed by atoms with Crippen molar-refractivity contribution in [1.29, 1.82) is 10.8 Å². The lowest BCUT2D eigenvalue weighted by molar-refractivity contribution is -0.142. The maximum Gasteiger partial charge on any atom is 0.324 e. The number of benzene rings is 2. The number of likely N-dealkylation sites (N-methyl/N-ethyl adjacent to an activating group) is 1. The summed E-state index contributed by atoms with van der Waals surface area (Å²) >= 11 is 0. The highest BCUT2D eigenvalue weighted by Gasteiger charge is 2.33. The monoisotopic (exact) mass is 564 g/mol. The number of carbonyl (C=O) groups is 4. The molecule has 5 amide bonds. The summed E-state index contributed by atoms with van der Waals surface area (Å²) in [7, 11) is 4.42. The summed E-state index contributed by atoms with van der Waals surface area (Å²) in [5.41, 5.74) is 13.5. The molecule has 2 aromatic carbocycles. The Bertz CT molecular complexity index is 1280. The number of rotatable bonds is 13. The molecule has 0 aliphatic heterocycles. The Balaban J connectivity index is 2.17. The van der Waals surface area contributed by atoms with E-state index in [0.717, 1.165) is 11.3 Å². The molecular weight excluding hydrogens is 524 g/mol. The maximum atomic E-state index is 13.4. The number of hydrogen-bond acceptors (Lipinski definition) is 6. The van der Waals surface area contributed by atoms with Crippen LogP contribution in [0.25, 0.3) is 0 Å². The van der Waals surface area contributed by atoms with Crippen molar-refractivity contribution in [3.8, 4) is 0 Å². The fourth-order valence-corrected chi connectivity index (χ4v) is 4.08. The van der Waals surface area contributed by atoms with Gasteiger partial charge in [-0.1, -0.05) is 62.2 Å². The number of nitrogen functional groups attached to an aromatic ring is 2.